The van der Waals surface area contributed by atoms with E-state index in [9.17, 15) is 4.79 Å². The van der Waals surface area contributed by atoms with Crippen molar-refractivity contribution in [1.82, 2.24) is 4.90 Å². The number of likely N-dealkylation sites (tertiary alicyclic amines) is 1. The van der Waals surface area contributed by atoms with Gasteiger partial charge in [0.1, 0.15) is 5.75 Å². The fourth-order valence-electron chi connectivity index (χ4n) is 3.39. The first-order chi connectivity index (χ1) is 9.20. The van der Waals surface area contributed by atoms with E-state index in [0.29, 0.717) is 12.3 Å². The number of para-hydroxylation sites is 1. The van der Waals surface area contributed by atoms with Crippen LogP contribution in [0.2, 0.25) is 0 Å². The van der Waals surface area contributed by atoms with Crippen molar-refractivity contribution < 1.29 is 9.53 Å². The highest BCUT2D eigenvalue weighted by atomic mass is 16.6. The predicted octanol–water partition coefficient (Wildman–Crippen LogP) is 2.39. The summed E-state index contributed by atoms with van der Waals surface area (Å²) in [6, 6.07) is 9.29. The van der Waals surface area contributed by atoms with Crippen molar-refractivity contribution in [2.75, 3.05) is 13.1 Å². The maximum absolute atomic E-state index is 12.1. The van der Waals surface area contributed by atoms with Crippen LogP contribution in [0.25, 0.3) is 0 Å². The van der Waals surface area contributed by atoms with Gasteiger partial charge >= 0.3 is 6.09 Å². The zero-order valence-electron chi connectivity index (χ0n) is 11.0. The van der Waals surface area contributed by atoms with Crippen molar-refractivity contribution in [3.63, 3.8) is 0 Å². The molecule has 3 rings (SSSR count). The Hall–Kier alpha value is -1.55. The third kappa shape index (κ3) is 2.32. The SMILES string of the molecule is N[C@H]1CN(C(=O)Oc2ccccc2)CC12CCCC2. The van der Waals surface area contributed by atoms with Gasteiger partial charge in [-0.15, -0.1) is 0 Å². The Morgan fingerprint density at radius 1 is 1.26 bits per heavy atom. The maximum atomic E-state index is 12.1. The summed E-state index contributed by atoms with van der Waals surface area (Å²) in [6.45, 7) is 1.37. The zero-order chi connectivity index (χ0) is 13.3. The highest BCUT2D eigenvalue weighted by molar-refractivity contribution is 5.71. The topological polar surface area (TPSA) is 55.6 Å². The molecule has 0 aromatic heterocycles. The van der Waals surface area contributed by atoms with Crippen LogP contribution < -0.4 is 10.5 Å². The summed E-state index contributed by atoms with van der Waals surface area (Å²) >= 11 is 0. The minimum atomic E-state index is -0.273. The zero-order valence-corrected chi connectivity index (χ0v) is 11.0. The van der Waals surface area contributed by atoms with Gasteiger partial charge in [0.05, 0.1) is 0 Å². The molecular weight excluding hydrogens is 240 g/mol. The minimum Gasteiger partial charge on any atom is -0.410 e. The Bertz CT molecular complexity index is 454. The summed E-state index contributed by atoms with van der Waals surface area (Å²) in [6.07, 6.45) is 4.47. The van der Waals surface area contributed by atoms with Crippen LogP contribution in [0.15, 0.2) is 30.3 Å². The second kappa shape index (κ2) is 4.85. The number of amides is 1. The predicted molar refractivity (Wildman–Crippen MR) is 72.9 cm³/mol. The van der Waals surface area contributed by atoms with Crippen LogP contribution in [0.3, 0.4) is 0 Å². The Balaban J connectivity index is 1.66. The van der Waals surface area contributed by atoms with E-state index in [1.807, 2.05) is 18.2 Å². The summed E-state index contributed by atoms with van der Waals surface area (Å²) in [7, 11) is 0. The highest BCUT2D eigenvalue weighted by Gasteiger charge is 2.48. The van der Waals surface area contributed by atoms with Crippen molar-refractivity contribution in [3.05, 3.63) is 30.3 Å². The number of nitrogens with zero attached hydrogens (tertiary/aromatic N) is 1. The summed E-state index contributed by atoms with van der Waals surface area (Å²) in [5.74, 6) is 0.591. The van der Waals surface area contributed by atoms with E-state index in [4.69, 9.17) is 10.5 Å². The molecule has 102 valence electrons. The molecule has 1 atom stereocenters. The molecule has 1 amide bonds. The Labute approximate surface area is 113 Å². The molecule has 0 unspecified atom stereocenters. The summed E-state index contributed by atoms with van der Waals surface area (Å²) in [5.41, 5.74) is 6.40. The van der Waals surface area contributed by atoms with Crippen molar-refractivity contribution in [1.29, 1.82) is 0 Å². The Morgan fingerprint density at radius 3 is 2.63 bits per heavy atom. The van der Waals surface area contributed by atoms with E-state index < -0.39 is 0 Å². The second-order valence-corrected chi connectivity index (χ2v) is 5.74. The number of benzene rings is 1. The average Bonchev–Trinajstić information content (AvgIpc) is 3.01. The highest BCUT2D eigenvalue weighted by Crippen LogP contribution is 2.44. The normalized spacial score (nSPS) is 24.9. The van der Waals surface area contributed by atoms with Gasteiger partial charge in [-0.1, -0.05) is 31.0 Å². The van der Waals surface area contributed by atoms with Crippen LogP contribution in [0, 0.1) is 5.41 Å². The lowest BCUT2D eigenvalue weighted by Gasteiger charge is -2.26. The molecule has 2 aliphatic rings. The molecule has 1 saturated heterocycles. The molecule has 4 nitrogen and oxygen atoms in total. The van der Waals surface area contributed by atoms with Gasteiger partial charge in [-0.25, -0.2) is 4.79 Å². The van der Waals surface area contributed by atoms with E-state index in [0.717, 1.165) is 19.4 Å². The van der Waals surface area contributed by atoms with Crippen LogP contribution in [0.1, 0.15) is 25.7 Å². The van der Waals surface area contributed by atoms with E-state index in [1.165, 1.54) is 12.8 Å². The molecule has 1 aliphatic carbocycles. The number of hydrogen-bond acceptors (Lipinski definition) is 3. The van der Waals surface area contributed by atoms with E-state index in [-0.39, 0.29) is 17.6 Å². The van der Waals surface area contributed by atoms with Crippen LogP contribution in [-0.2, 0) is 0 Å². The van der Waals surface area contributed by atoms with Gasteiger partial charge in [-0.05, 0) is 25.0 Å². The van der Waals surface area contributed by atoms with Gasteiger partial charge in [0.25, 0.3) is 0 Å². The number of rotatable bonds is 1. The monoisotopic (exact) mass is 260 g/mol. The van der Waals surface area contributed by atoms with Crippen molar-refractivity contribution >= 4 is 6.09 Å². The molecule has 4 heteroatoms. The van der Waals surface area contributed by atoms with Crippen LogP contribution in [0.5, 0.6) is 5.75 Å². The fourth-order valence-corrected chi connectivity index (χ4v) is 3.39. The Morgan fingerprint density at radius 2 is 1.95 bits per heavy atom. The molecule has 0 bridgehead atoms. The molecule has 1 aromatic carbocycles. The average molecular weight is 260 g/mol. The van der Waals surface area contributed by atoms with Gasteiger partial charge in [-0.2, -0.15) is 0 Å². The molecular formula is C15H20N2O2. The molecule has 2 fully saturated rings. The molecule has 1 aliphatic heterocycles. The first kappa shape index (κ1) is 12.5. The maximum Gasteiger partial charge on any atom is 0.415 e. The first-order valence-electron chi connectivity index (χ1n) is 6.97. The fraction of sp³-hybridized carbons (Fsp3) is 0.533. The Kier molecular flexibility index (Phi) is 3.19. The number of carbonyl (C=O) groups is 1. The van der Waals surface area contributed by atoms with Crippen molar-refractivity contribution in [2.45, 2.75) is 31.7 Å². The van der Waals surface area contributed by atoms with Crippen molar-refractivity contribution in [3.8, 4) is 5.75 Å². The van der Waals surface area contributed by atoms with Crippen LogP contribution >= 0.6 is 0 Å². The van der Waals surface area contributed by atoms with Crippen LogP contribution in [0.4, 0.5) is 4.79 Å². The third-order valence-electron chi connectivity index (χ3n) is 4.52. The van der Waals surface area contributed by atoms with E-state index >= 15 is 0 Å². The summed E-state index contributed by atoms with van der Waals surface area (Å²) < 4.78 is 5.38. The molecule has 1 heterocycles. The standard InChI is InChI=1S/C15H20N2O2/c16-13-10-17(11-15(13)8-4-5-9-15)14(18)19-12-6-2-1-3-7-12/h1-3,6-7,13H,4-5,8-11,16H2/t13-/m0/s1. The number of nitrogens with two attached hydrogens (primary N) is 1. The smallest absolute Gasteiger partial charge is 0.410 e. The number of ether oxygens (including phenoxy) is 1. The molecule has 0 radical (unpaired) electrons. The summed E-state index contributed by atoms with van der Waals surface area (Å²) in [5, 5.41) is 0. The molecule has 1 saturated carbocycles. The third-order valence-corrected chi connectivity index (χ3v) is 4.52. The second-order valence-electron chi connectivity index (χ2n) is 5.74. The largest absolute Gasteiger partial charge is 0.415 e. The number of carbonyl (C=O) groups excluding carboxylic acids is 1. The van der Waals surface area contributed by atoms with Crippen LogP contribution in [-0.4, -0.2) is 30.1 Å². The lowest BCUT2D eigenvalue weighted by atomic mass is 9.82. The lowest BCUT2D eigenvalue weighted by Crippen LogP contribution is -2.38. The summed E-state index contributed by atoms with van der Waals surface area (Å²) in [4.78, 5) is 13.9. The molecule has 1 aromatic rings. The minimum absolute atomic E-state index is 0.0957. The molecule has 2 N–H and O–H groups in total. The van der Waals surface area contributed by atoms with Crippen molar-refractivity contribution in [2.24, 2.45) is 11.1 Å². The van der Waals surface area contributed by atoms with Gasteiger partial charge in [0.15, 0.2) is 0 Å². The first-order valence-corrected chi connectivity index (χ1v) is 6.97. The lowest BCUT2D eigenvalue weighted by molar-refractivity contribution is 0.155. The van der Waals surface area contributed by atoms with Gasteiger partial charge in [-0.3, -0.25) is 0 Å². The molecule has 19 heavy (non-hydrogen) atoms. The molecule has 1 spiro atoms. The van der Waals surface area contributed by atoms with E-state index in [2.05, 4.69) is 0 Å². The van der Waals surface area contributed by atoms with Gasteiger partial charge in [0.2, 0.25) is 0 Å². The van der Waals surface area contributed by atoms with Gasteiger partial charge < -0.3 is 15.4 Å². The van der Waals surface area contributed by atoms with Gasteiger partial charge in [0, 0.05) is 24.5 Å². The number of hydrogen-bond donors (Lipinski definition) is 1. The quantitative estimate of drug-likeness (QED) is 0.843. The van der Waals surface area contributed by atoms with E-state index in [1.54, 1.807) is 17.0 Å².